The maximum atomic E-state index is 12.4. The van der Waals surface area contributed by atoms with E-state index in [0.717, 1.165) is 51.0 Å². The van der Waals surface area contributed by atoms with Gasteiger partial charge in [0, 0.05) is 37.8 Å². The minimum absolute atomic E-state index is 0.0501. The third-order valence-corrected chi connectivity index (χ3v) is 4.33. The van der Waals surface area contributed by atoms with E-state index in [-0.39, 0.29) is 18.0 Å². The summed E-state index contributed by atoms with van der Waals surface area (Å²) < 4.78 is 0. The summed E-state index contributed by atoms with van der Waals surface area (Å²) in [4.78, 5) is 28.1. The number of likely N-dealkylation sites (tertiary alicyclic amines) is 1. The molecule has 21 heavy (non-hydrogen) atoms. The summed E-state index contributed by atoms with van der Waals surface area (Å²) in [7, 11) is 0. The first-order valence-corrected chi connectivity index (χ1v) is 7.64. The quantitative estimate of drug-likeness (QED) is 0.900. The first-order valence-electron chi connectivity index (χ1n) is 7.64. The molecule has 0 radical (unpaired) electrons. The molecular weight excluding hydrogens is 266 g/mol. The van der Waals surface area contributed by atoms with Crippen molar-refractivity contribution in [1.82, 2.24) is 15.1 Å². The Morgan fingerprint density at radius 2 is 1.81 bits per heavy atom. The van der Waals surface area contributed by atoms with E-state index in [1.54, 1.807) is 0 Å². The molecule has 5 nitrogen and oxygen atoms in total. The molecule has 0 unspecified atom stereocenters. The van der Waals surface area contributed by atoms with Crippen LogP contribution in [0.1, 0.15) is 29.6 Å². The second-order valence-corrected chi connectivity index (χ2v) is 5.67. The van der Waals surface area contributed by atoms with Crippen molar-refractivity contribution in [2.24, 2.45) is 0 Å². The highest BCUT2D eigenvalue weighted by Gasteiger charge is 2.30. The molecule has 0 spiro atoms. The second kappa shape index (κ2) is 6.16. The van der Waals surface area contributed by atoms with Crippen molar-refractivity contribution in [3.8, 4) is 0 Å². The van der Waals surface area contributed by atoms with E-state index < -0.39 is 0 Å². The summed E-state index contributed by atoms with van der Waals surface area (Å²) >= 11 is 0. The maximum Gasteiger partial charge on any atom is 0.317 e. The molecule has 2 aliphatic rings. The number of nitrogens with one attached hydrogen (secondary N) is 1. The van der Waals surface area contributed by atoms with Crippen molar-refractivity contribution in [1.29, 1.82) is 0 Å². The highest BCUT2D eigenvalue weighted by atomic mass is 16.2. The molecule has 2 aliphatic heterocycles. The Morgan fingerprint density at radius 1 is 1.10 bits per heavy atom. The van der Waals surface area contributed by atoms with Gasteiger partial charge in [0.2, 0.25) is 0 Å². The average Bonchev–Trinajstić information content (AvgIpc) is 2.56. The SMILES string of the molecule is O=C(c1ccccc1)N1CCC(N2CCCNC2=O)CC1. The van der Waals surface area contributed by atoms with Gasteiger partial charge in [-0.2, -0.15) is 0 Å². The summed E-state index contributed by atoms with van der Waals surface area (Å²) in [6.45, 7) is 3.06. The van der Waals surface area contributed by atoms with Gasteiger partial charge in [-0.05, 0) is 31.4 Å². The van der Waals surface area contributed by atoms with Crippen LogP contribution in [0.25, 0.3) is 0 Å². The summed E-state index contributed by atoms with van der Waals surface area (Å²) in [5.41, 5.74) is 0.742. The normalized spacial score (nSPS) is 20.3. The Morgan fingerprint density at radius 3 is 2.48 bits per heavy atom. The van der Waals surface area contributed by atoms with Crippen molar-refractivity contribution in [3.63, 3.8) is 0 Å². The Balaban J connectivity index is 1.58. The Bertz CT molecular complexity index is 510. The van der Waals surface area contributed by atoms with Crippen LogP contribution in [0.2, 0.25) is 0 Å². The minimum Gasteiger partial charge on any atom is -0.338 e. The van der Waals surface area contributed by atoms with Gasteiger partial charge in [-0.15, -0.1) is 0 Å². The molecule has 2 heterocycles. The van der Waals surface area contributed by atoms with E-state index in [9.17, 15) is 9.59 Å². The van der Waals surface area contributed by atoms with Crippen molar-refractivity contribution >= 4 is 11.9 Å². The number of carbonyl (C=O) groups excluding carboxylic acids is 2. The van der Waals surface area contributed by atoms with Gasteiger partial charge in [-0.3, -0.25) is 4.79 Å². The molecule has 0 aromatic heterocycles. The van der Waals surface area contributed by atoms with Crippen LogP contribution in [0.15, 0.2) is 30.3 Å². The number of carbonyl (C=O) groups is 2. The average molecular weight is 287 g/mol. The fourth-order valence-corrected chi connectivity index (χ4v) is 3.14. The zero-order chi connectivity index (χ0) is 14.7. The molecule has 5 heteroatoms. The van der Waals surface area contributed by atoms with Crippen LogP contribution >= 0.6 is 0 Å². The molecule has 2 fully saturated rings. The van der Waals surface area contributed by atoms with Gasteiger partial charge in [0.25, 0.3) is 5.91 Å². The van der Waals surface area contributed by atoms with Crippen LogP contribution < -0.4 is 5.32 Å². The lowest BCUT2D eigenvalue weighted by molar-refractivity contribution is 0.0642. The Hall–Kier alpha value is -2.04. The monoisotopic (exact) mass is 287 g/mol. The third-order valence-electron chi connectivity index (χ3n) is 4.33. The lowest BCUT2D eigenvalue weighted by Gasteiger charge is -2.40. The van der Waals surface area contributed by atoms with Crippen LogP contribution in [0, 0.1) is 0 Å². The molecule has 1 N–H and O–H groups in total. The number of hydrogen-bond donors (Lipinski definition) is 1. The first-order chi connectivity index (χ1) is 10.3. The van der Waals surface area contributed by atoms with Crippen molar-refractivity contribution in [2.75, 3.05) is 26.2 Å². The van der Waals surface area contributed by atoms with Gasteiger partial charge in [0.05, 0.1) is 0 Å². The molecule has 112 valence electrons. The summed E-state index contributed by atoms with van der Waals surface area (Å²) in [6, 6.07) is 9.71. The summed E-state index contributed by atoms with van der Waals surface area (Å²) in [5, 5.41) is 2.90. The highest BCUT2D eigenvalue weighted by Crippen LogP contribution is 2.20. The van der Waals surface area contributed by atoms with E-state index >= 15 is 0 Å². The van der Waals surface area contributed by atoms with Crippen LogP contribution in [0.5, 0.6) is 0 Å². The molecule has 0 saturated carbocycles. The fraction of sp³-hybridized carbons (Fsp3) is 0.500. The number of nitrogens with zero attached hydrogens (tertiary/aromatic N) is 2. The minimum atomic E-state index is 0.0501. The number of rotatable bonds is 2. The second-order valence-electron chi connectivity index (χ2n) is 5.67. The van der Waals surface area contributed by atoms with E-state index in [4.69, 9.17) is 0 Å². The van der Waals surface area contributed by atoms with Crippen LogP contribution in [0.3, 0.4) is 0 Å². The predicted molar refractivity (Wildman–Crippen MR) is 80.1 cm³/mol. The lowest BCUT2D eigenvalue weighted by atomic mass is 10.0. The Labute approximate surface area is 124 Å². The number of piperidine rings is 1. The van der Waals surface area contributed by atoms with Crippen LogP contribution in [-0.2, 0) is 0 Å². The van der Waals surface area contributed by atoms with Gasteiger partial charge < -0.3 is 15.1 Å². The standard InChI is InChI=1S/C16H21N3O2/c20-15(13-5-2-1-3-6-13)18-11-7-14(8-12-18)19-10-4-9-17-16(19)21/h1-3,5-6,14H,4,7-12H2,(H,17,21). The van der Waals surface area contributed by atoms with Crippen molar-refractivity contribution in [2.45, 2.75) is 25.3 Å². The van der Waals surface area contributed by atoms with Gasteiger partial charge in [0.1, 0.15) is 0 Å². The van der Waals surface area contributed by atoms with Gasteiger partial charge in [-0.1, -0.05) is 18.2 Å². The van der Waals surface area contributed by atoms with Crippen LogP contribution in [-0.4, -0.2) is 54.0 Å². The topological polar surface area (TPSA) is 52.7 Å². The number of urea groups is 1. The van der Waals surface area contributed by atoms with E-state index in [1.807, 2.05) is 40.1 Å². The number of benzene rings is 1. The van der Waals surface area contributed by atoms with Gasteiger partial charge >= 0.3 is 6.03 Å². The summed E-state index contributed by atoms with van der Waals surface area (Å²) in [5.74, 6) is 0.0946. The van der Waals surface area contributed by atoms with Crippen molar-refractivity contribution in [3.05, 3.63) is 35.9 Å². The fourth-order valence-electron chi connectivity index (χ4n) is 3.14. The number of amides is 3. The predicted octanol–water partition coefficient (Wildman–Crippen LogP) is 1.71. The molecule has 0 atom stereocenters. The van der Waals surface area contributed by atoms with Crippen molar-refractivity contribution < 1.29 is 9.59 Å². The van der Waals surface area contributed by atoms with E-state index in [0.29, 0.717) is 0 Å². The molecule has 0 aliphatic carbocycles. The lowest BCUT2D eigenvalue weighted by Crippen LogP contribution is -2.54. The molecule has 1 aromatic rings. The zero-order valence-corrected chi connectivity index (χ0v) is 12.1. The zero-order valence-electron chi connectivity index (χ0n) is 12.1. The molecule has 2 saturated heterocycles. The van der Waals surface area contributed by atoms with E-state index in [2.05, 4.69) is 5.32 Å². The highest BCUT2D eigenvalue weighted by molar-refractivity contribution is 5.94. The van der Waals surface area contributed by atoms with E-state index in [1.165, 1.54) is 0 Å². The maximum absolute atomic E-state index is 12.4. The summed E-state index contributed by atoms with van der Waals surface area (Å²) in [6.07, 6.45) is 2.74. The number of hydrogen-bond acceptors (Lipinski definition) is 2. The van der Waals surface area contributed by atoms with Gasteiger partial charge in [-0.25, -0.2) is 4.79 Å². The van der Waals surface area contributed by atoms with Gasteiger partial charge in [0.15, 0.2) is 0 Å². The molecule has 3 rings (SSSR count). The largest absolute Gasteiger partial charge is 0.338 e. The molecule has 1 aromatic carbocycles. The first kappa shape index (κ1) is 13.9. The Kier molecular flexibility index (Phi) is 4.08. The molecule has 0 bridgehead atoms. The third kappa shape index (κ3) is 3.01. The molecule has 3 amide bonds. The smallest absolute Gasteiger partial charge is 0.317 e. The molecular formula is C16H21N3O2. The van der Waals surface area contributed by atoms with Crippen LogP contribution in [0.4, 0.5) is 4.79 Å².